The predicted molar refractivity (Wildman–Crippen MR) is 270 cm³/mol. The lowest BCUT2D eigenvalue weighted by molar-refractivity contribution is -0.482. The number of carbonyl (C=O) groups is 1. The summed E-state index contributed by atoms with van der Waals surface area (Å²) >= 11 is 0. The number of nitrogens with two attached hydrogens (primary N) is 1. The number of amides is 1. The van der Waals surface area contributed by atoms with E-state index in [1.54, 1.807) is 30.3 Å². The van der Waals surface area contributed by atoms with Crippen molar-refractivity contribution in [1.29, 1.82) is 0 Å². The summed E-state index contributed by atoms with van der Waals surface area (Å²) in [6.45, 7) is 1.21. The molecule has 13 N–H and O–H groups in total. The molecule has 0 aliphatic carbocycles. The van der Waals surface area contributed by atoms with Crippen molar-refractivity contribution in [3.8, 4) is 23.0 Å². The normalized spacial score (nSPS) is 13.1. The molecule has 1 atom stereocenters. The fraction of sp³-hybridized carbons (Fsp3) is 0.0851. The van der Waals surface area contributed by atoms with Gasteiger partial charge in [0.25, 0.3) is 36.3 Å². The Hall–Kier alpha value is -7.83. The molecule has 0 aliphatic heterocycles. The number of ether oxygens (including phenoxy) is 2. The maximum absolute atomic E-state index is 14.5. The summed E-state index contributed by atoms with van der Waals surface area (Å²) in [5, 5.41) is 41.3. The highest BCUT2D eigenvalue weighted by atomic mass is 32.2. The van der Waals surface area contributed by atoms with Gasteiger partial charge in [-0.25, -0.2) is 0 Å². The maximum atomic E-state index is 14.5. The van der Waals surface area contributed by atoms with Gasteiger partial charge in [0.15, 0.2) is 39.2 Å². The van der Waals surface area contributed by atoms with Crippen LogP contribution in [0.1, 0.15) is 22.8 Å². The highest BCUT2D eigenvalue weighted by molar-refractivity contribution is 7.86. The van der Waals surface area contributed by atoms with E-state index in [9.17, 15) is 72.0 Å². The zero-order valence-corrected chi connectivity index (χ0v) is 41.6. The zero-order chi connectivity index (χ0) is 53.9. The predicted octanol–water partition coefficient (Wildman–Crippen LogP) is 6.06. The molecule has 0 bridgehead atoms. The van der Waals surface area contributed by atoms with Crippen molar-refractivity contribution >= 4 is 113 Å². The average molecular weight is 1090 g/mol. The first kappa shape index (κ1) is 52.5. The Labute approximate surface area is 421 Å². The molecule has 1 unspecified atom stereocenters. The van der Waals surface area contributed by atoms with Gasteiger partial charge >= 0.3 is 10.1 Å². The molecule has 8 aromatic carbocycles. The van der Waals surface area contributed by atoms with Gasteiger partial charge in [0.1, 0.15) is 16.3 Å². The molecule has 0 saturated heterocycles. The third-order valence-electron chi connectivity index (χ3n) is 11.7. The van der Waals surface area contributed by atoms with Crippen LogP contribution in [0.3, 0.4) is 0 Å². The fourth-order valence-electron chi connectivity index (χ4n) is 8.40. The van der Waals surface area contributed by atoms with Crippen molar-refractivity contribution in [3.63, 3.8) is 0 Å². The number of hydrogen-bond donors (Lipinski definition) is 12. The number of fused-ring (bicyclic) bond motifs is 3. The van der Waals surface area contributed by atoms with E-state index in [-0.39, 0.29) is 60.9 Å². The van der Waals surface area contributed by atoms with E-state index in [4.69, 9.17) is 9.47 Å². The Kier molecular flexibility index (Phi) is 13.6. The zero-order valence-electron chi connectivity index (χ0n) is 38.4. The molecule has 386 valence electrons. The number of hydrazine groups is 1. The fourth-order valence-corrected chi connectivity index (χ4v) is 10.9. The first-order valence-electron chi connectivity index (χ1n) is 21.2. The molecule has 8 aromatic rings. The van der Waals surface area contributed by atoms with Gasteiger partial charge in [-0.15, -0.1) is 0 Å². The highest BCUT2D eigenvalue weighted by Gasteiger charge is 2.33. The average Bonchev–Trinajstić information content (AvgIpc) is 3.32. The first-order valence-corrected chi connectivity index (χ1v) is 26.9. The molecular formula is C47H42N5O18S4+. The van der Waals surface area contributed by atoms with Crippen LogP contribution >= 0.6 is 0 Å². The van der Waals surface area contributed by atoms with Crippen LogP contribution in [0.2, 0.25) is 0 Å². The number of aliphatic hydroxyl groups is 1. The van der Waals surface area contributed by atoms with Crippen LogP contribution in [-0.4, -0.2) is 87.3 Å². The number of aromatic hydroxyl groups is 2. The maximum Gasteiger partial charge on any atom is 0.300 e. The molecule has 0 radical (unpaired) electrons. The van der Waals surface area contributed by atoms with Gasteiger partial charge in [-0.2, -0.15) is 33.7 Å². The SMILES string of the molecule is COc1ccccc1NNc1c(S(=O)(=O)O)cc2cc(S(=O)(=O)O)cc(NC(=O)c3cccc4c(C(C)(O)Nc5cc(S(=O)(=O)O)cc6cc(S(=O)(=O)O)c([NH2+]c7ccccc7OC)c(O)c56)cccc34)c2c1O. The largest absolute Gasteiger partial charge is 0.505 e. The van der Waals surface area contributed by atoms with E-state index in [1.165, 1.54) is 81.1 Å². The van der Waals surface area contributed by atoms with Gasteiger partial charge in [0.05, 0.1) is 40.8 Å². The third-order valence-corrected chi connectivity index (χ3v) is 15.1. The molecule has 0 aliphatic rings. The number of benzene rings is 8. The van der Waals surface area contributed by atoms with Gasteiger partial charge in [-0.1, -0.05) is 54.6 Å². The van der Waals surface area contributed by atoms with Crippen LogP contribution in [0.4, 0.5) is 34.1 Å². The Bertz CT molecular complexity index is 4120. The van der Waals surface area contributed by atoms with E-state index < -0.39 is 111 Å². The molecule has 0 fully saturated rings. The molecule has 0 heterocycles. The van der Waals surface area contributed by atoms with Gasteiger partial charge in [0, 0.05) is 28.3 Å². The number of anilines is 4. The Morgan fingerprint density at radius 3 is 1.72 bits per heavy atom. The van der Waals surface area contributed by atoms with Crippen molar-refractivity contribution < 1.29 is 86.8 Å². The lowest BCUT2D eigenvalue weighted by Gasteiger charge is -2.29. The molecule has 74 heavy (non-hydrogen) atoms. The number of rotatable bonds is 16. The second-order valence-corrected chi connectivity index (χ2v) is 22.1. The topological polar surface area (TPSA) is 378 Å². The second kappa shape index (κ2) is 19.2. The monoisotopic (exact) mass is 1090 g/mol. The first-order chi connectivity index (χ1) is 34.6. The Morgan fingerprint density at radius 2 is 1.11 bits per heavy atom. The Balaban J connectivity index is 1.24. The summed E-state index contributed by atoms with van der Waals surface area (Å²) in [5.41, 5.74) is 1.10. The quantitative estimate of drug-likeness (QED) is 0.0172. The van der Waals surface area contributed by atoms with Crippen LogP contribution in [0.15, 0.2) is 141 Å². The van der Waals surface area contributed by atoms with Gasteiger partial charge in [-0.3, -0.25) is 39.2 Å². The minimum absolute atomic E-state index is 0.0163. The number of carbonyl (C=O) groups excluding carboxylic acids is 1. The van der Waals surface area contributed by atoms with Gasteiger partial charge in [0.2, 0.25) is 0 Å². The van der Waals surface area contributed by atoms with Crippen molar-refractivity contribution in [2.24, 2.45) is 0 Å². The number of para-hydroxylation sites is 4. The third kappa shape index (κ3) is 10.2. The number of hydrogen-bond acceptors (Lipinski definition) is 17. The highest BCUT2D eigenvalue weighted by Crippen LogP contribution is 2.46. The molecule has 0 saturated carbocycles. The van der Waals surface area contributed by atoms with E-state index in [2.05, 4.69) is 21.5 Å². The van der Waals surface area contributed by atoms with Crippen LogP contribution in [0.25, 0.3) is 32.3 Å². The van der Waals surface area contributed by atoms with E-state index in [1.807, 2.05) is 0 Å². The summed E-state index contributed by atoms with van der Waals surface area (Å²) < 4.78 is 153. The number of methoxy groups -OCH3 is 2. The molecular weight excluding hydrogens is 1050 g/mol. The minimum Gasteiger partial charge on any atom is -0.505 e. The summed E-state index contributed by atoms with van der Waals surface area (Å²) in [5.74, 6) is -2.28. The standard InChI is InChI=1S/C47H41N5O18S4/c1-47(56,50-35-23-27(72(60,61)62)19-25-20-38(73(63,64)65)42(44(53)41(25)35)48-32-14-4-6-16-36(32)69-2)31-13-9-10-28-29(31)11-8-12-30(28)46(55)49-34-22-26(71(57,58)59)18-24-21-39(74(66,67)68)43(45(54)40(24)34)52-51-33-15-5-7-17-37(33)70-3/h4-23,48,50-54,56H,1-3H3,(H,49,55)(H,57,58,59)(H,60,61,62)(H,63,64,65)(H,66,67,68)/p+1. The van der Waals surface area contributed by atoms with Gasteiger partial charge in [-0.05, 0) is 89.1 Å². The van der Waals surface area contributed by atoms with Crippen molar-refractivity contribution in [2.75, 3.05) is 35.7 Å². The summed E-state index contributed by atoms with van der Waals surface area (Å²) in [6.07, 6.45) is 0. The number of quaternary nitrogens is 1. The number of phenols is 2. The lowest BCUT2D eigenvalue weighted by Crippen LogP contribution is -2.71. The molecule has 23 nitrogen and oxygen atoms in total. The molecule has 0 aromatic heterocycles. The number of nitrogens with one attached hydrogen (secondary N) is 4. The van der Waals surface area contributed by atoms with Gasteiger partial charge < -0.3 is 35.4 Å². The number of phenolic OH excluding ortho intramolecular Hbond substituents is 2. The van der Waals surface area contributed by atoms with Crippen molar-refractivity contribution in [2.45, 2.75) is 32.2 Å². The molecule has 0 spiro atoms. The lowest BCUT2D eigenvalue weighted by atomic mass is 9.93. The summed E-state index contributed by atoms with van der Waals surface area (Å²) in [6, 6.07) is 25.9. The van der Waals surface area contributed by atoms with E-state index >= 15 is 0 Å². The summed E-state index contributed by atoms with van der Waals surface area (Å²) in [4.78, 5) is 10.9. The Morgan fingerprint density at radius 1 is 0.568 bits per heavy atom. The molecule has 8 rings (SSSR count). The van der Waals surface area contributed by atoms with Crippen LogP contribution in [0, 0.1) is 0 Å². The van der Waals surface area contributed by atoms with E-state index in [0.717, 1.165) is 36.4 Å². The van der Waals surface area contributed by atoms with Crippen molar-refractivity contribution in [1.82, 2.24) is 0 Å². The van der Waals surface area contributed by atoms with Crippen LogP contribution in [0.5, 0.6) is 23.0 Å². The molecule has 1 amide bonds. The van der Waals surface area contributed by atoms with E-state index in [0.29, 0.717) is 0 Å². The van der Waals surface area contributed by atoms with Crippen molar-refractivity contribution in [3.05, 3.63) is 132 Å². The minimum atomic E-state index is -5.21. The van der Waals surface area contributed by atoms with Crippen LogP contribution in [-0.2, 0) is 46.2 Å². The smallest absolute Gasteiger partial charge is 0.300 e. The van der Waals surface area contributed by atoms with Crippen LogP contribution < -0.4 is 36.3 Å². The molecule has 27 heteroatoms. The summed E-state index contributed by atoms with van der Waals surface area (Å²) in [7, 11) is -17.9. The second-order valence-electron chi connectivity index (χ2n) is 16.5.